The van der Waals surface area contributed by atoms with E-state index in [9.17, 15) is 9.90 Å². The highest BCUT2D eigenvalue weighted by atomic mass is 35.5. The number of ether oxygens (including phenoxy) is 1. The van der Waals surface area contributed by atoms with Crippen LogP contribution >= 0.6 is 11.6 Å². The summed E-state index contributed by atoms with van der Waals surface area (Å²) in [6.07, 6.45) is 0.151. The number of hydrogen-bond acceptors (Lipinski definition) is 3. The minimum atomic E-state index is -0.815. The summed E-state index contributed by atoms with van der Waals surface area (Å²) in [6, 6.07) is 14.7. The lowest BCUT2D eigenvalue weighted by Gasteiger charge is -2.13. The van der Waals surface area contributed by atoms with Crippen LogP contribution in [0.2, 0.25) is 5.02 Å². The molecule has 4 nitrogen and oxygen atoms in total. The lowest BCUT2D eigenvalue weighted by atomic mass is 10.1. The number of aryl methyl sites for hydroxylation is 1. The fourth-order valence-electron chi connectivity index (χ4n) is 2.24. The molecule has 0 bridgehead atoms. The molecule has 0 saturated carbocycles. The van der Waals surface area contributed by atoms with Crippen molar-refractivity contribution in [2.24, 2.45) is 0 Å². The zero-order valence-corrected chi connectivity index (χ0v) is 13.7. The van der Waals surface area contributed by atoms with E-state index in [1.165, 1.54) is 0 Å². The number of aliphatic hydroxyl groups is 1. The molecule has 23 heavy (non-hydrogen) atoms. The first-order valence-corrected chi connectivity index (χ1v) is 7.80. The van der Waals surface area contributed by atoms with Gasteiger partial charge in [-0.15, -0.1) is 0 Å². The van der Waals surface area contributed by atoms with E-state index in [2.05, 4.69) is 5.32 Å². The van der Waals surface area contributed by atoms with Crippen LogP contribution < -0.4 is 10.1 Å². The van der Waals surface area contributed by atoms with E-state index in [0.717, 1.165) is 11.3 Å². The lowest BCUT2D eigenvalue weighted by molar-refractivity contribution is -0.121. The van der Waals surface area contributed by atoms with Crippen molar-refractivity contribution in [2.75, 3.05) is 13.7 Å². The van der Waals surface area contributed by atoms with Crippen molar-refractivity contribution in [3.63, 3.8) is 0 Å². The Morgan fingerprint density at radius 2 is 2.04 bits per heavy atom. The fourth-order valence-corrected chi connectivity index (χ4v) is 2.50. The van der Waals surface area contributed by atoms with E-state index < -0.39 is 6.10 Å². The van der Waals surface area contributed by atoms with Crippen molar-refractivity contribution in [3.8, 4) is 5.75 Å². The second kappa shape index (κ2) is 8.56. The molecule has 1 amide bonds. The normalized spacial score (nSPS) is 11.8. The molecule has 5 heteroatoms. The molecular weight excluding hydrogens is 314 g/mol. The van der Waals surface area contributed by atoms with E-state index in [1.807, 2.05) is 24.3 Å². The monoisotopic (exact) mass is 333 g/mol. The average Bonchev–Trinajstić information content (AvgIpc) is 2.58. The van der Waals surface area contributed by atoms with Crippen LogP contribution in [0.4, 0.5) is 0 Å². The molecule has 1 unspecified atom stereocenters. The maximum absolute atomic E-state index is 11.9. The van der Waals surface area contributed by atoms with Crippen molar-refractivity contribution >= 4 is 17.5 Å². The largest absolute Gasteiger partial charge is 0.497 e. The number of aliphatic hydroxyl groups excluding tert-OH is 1. The first-order chi connectivity index (χ1) is 11.1. The number of amides is 1. The van der Waals surface area contributed by atoms with E-state index in [0.29, 0.717) is 23.4 Å². The van der Waals surface area contributed by atoms with E-state index in [4.69, 9.17) is 16.3 Å². The summed E-state index contributed by atoms with van der Waals surface area (Å²) in [7, 11) is 1.61. The van der Waals surface area contributed by atoms with Gasteiger partial charge in [-0.25, -0.2) is 0 Å². The molecule has 0 aliphatic carbocycles. The molecule has 0 aromatic heterocycles. The van der Waals surface area contributed by atoms with Gasteiger partial charge in [0, 0.05) is 23.6 Å². The number of hydrogen-bond donors (Lipinski definition) is 2. The Bertz CT molecular complexity index is 660. The SMILES string of the molecule is COc1cccc(CCC(=O)NCC(O)c2ccccc2Cl)c1. The van der Waals surface area contributed by atoms with Crippen LogP contribution in [0.1, 0.15) is 23.7 Å². The predicted molar refractivity (Wildman–Crippen MR) is 90.7 cm³/mol. The average molecular weight is 334 g/mol. The molecule has 0 aliphatic rings. The first-order valence-electron chi connectivity index (χ1n) is 7.42. The fraction of sp³-hybridized carbons (Fsp3) is 0.278. The summed E-state index contributed by atoms with van der Waals surface area (Å²) < 4.78 is 5.15. The van der Waals surface area contributed by atoms with Crippen LogP contribution in [0.3, 0.4) is 0 Å². The van der Waals surface area contributed by atoms with Gasteiger partial charge >= 0.3 is 0 Å². The lowest BCUT2D eigenvalue weighted by Crippen LogP contribution is -2.28. The highest BCUT2D eigenvalue weighted by molar-refractivity contribution is 6.31. The topological polar surface area (TPSA) is 58.6 Å². The zero-order valence-electron chi connectivity index (χ0n) is 13.0. The minimum absolute atomic E-state index is 0.112. The molecule has 2 rings (SSSR count). The van der Waals surface area contributed by atoms with Crippen LogP contribution in [-0.2, 0) is 11.2 Å². The van der Waals surface area contributed by atoms with Gasteiger partial charge in [0.1, 0.15) is 5.75 Å². The second-order valence-corrected chi connectivity index (χ2v) is 5.60. The van der Waals surface area contributed by atoms with Gasteiger partial charge in [0.15, 0.2) is 0 Å². The van der Waals surface area contributed by atoms with Crippen molar-refractivity contribution in [1.29, 1.82) is 0 Å². The van der Waals surface area contributed by atoms with Crippen molar-refractivity contribution in [3.05, 3.63) is 64.7 Å². The van der Waals surface area contributed by atoms with E-state index in [1.54, 1.807) is 31.4 Å². The van der Waals surface area contributed by atoms with Crippen molar-refractivity contribution in [1.82, 2.24) is 5.32 Å². The summed E-state index contributed by atoms with van der Waals surface area (Å²) >= 11 is 6.02. The van der Waals surface area contributed by atoms with Crippen LogP contribution in [0.5, 0.6) is 5.75 Å². The molecule has 0 radical (unpaired) electrons. The quantitative estimate of drug-likeness (QED) is 0.818. The van der Waals surface area contributed by atoms with Crippen molar-refractivity contribution in [2.45, 2.75) is 18.9 Å². The number of rotatable bonds is 7. The summed E-state index contributed by atoms with van der Waals surface area (Å²) in [5.74, 6) is 0.663. The highest BCUT2D eigenvalue weighted by Gasteiger charge is 2.12. The van der Waals surface area contributed by atoms with Gasteiger partial charge in [-0.1, -0.05) is 41.9 Å². The first kappa shape index (κ1) is 17.3. The van der Waals surface area contributed by atoms with Crippen LogP contribution in [0.25, 0.3) is 0 Å². The maximum atomic E-state index is 11.9. The number of nitrogens with one attached hydrogen (secondary N) is 1. The molecule has 0 spiro atoms. The van der Waals surface area contributed by atoms with Crippen LogP contribution in [-0.4, -0.2) is 24.7 Å². The molecule has 122 valence electrons. The van der Waals surface area contributed by atoms with Gasteiger partial charge in [-0.05, 0) is 30.2 Å². The van der Waals surface area contributed by atoms with Gasteiger partial charge in [0.2, 0.25) is 5.91 Å². The summed E-state index contributed by atoms with van der Waals surface area (Å²) in [5.41, 5.74) is 1.65. The predicted octanol–water partition coefficient (Wildman–Crippen LogP) is 3.13. The highest BCUT2D eigenvalue weighted by Crippen LogP contribution is 2.21. The Kier molecular flexibility index (Phi) is 6.44. The summed E-state index contributed by atoms with van der Waals surface area (Å²) in [5, 5.41) is 13.3. The summed E-state index contributed by atoms with van der Waals surface area (Å²) in [4.78, 5) is 11.9. The zero-order chi connectivity index (χ0) is 16.7. The number of carbonyl (C=O) groups excluding carboxylic acids is 1. The number of methoxy groups -OCH3 is 1. The molecule has 2 aromatic carbocycles. The second-order valence-electron chi connectivity index (χ2n) is 5.19. The van der Waals surface area contributed by atoms with Gasteiger partial charge in [0.25, 0.3) is 0 Å². The third-order valence-electron chi connectivity index (χ3n) is 3.53. The van der Waals surface area contributed by atoms with Crippen LogP contribution in [0, 0.1) is 0 Å². The van der Waals surface area contributed by atoms with Gasteiger partial charge in [0.05, 0.1) is 13.2 Å². The Labute approximate surface area is 141 Å². The van der Waals surface area contributed by atoms with Gasteiger partial charge in [-0.3, -0.25) is 4.79 Å². The third kappa shape index (κ3) is 5.27. The smallest absolute Gasteiger partial charge is 0.220 e. The van der Waals surface area contributed by atoms with Crippen LogP contribution in [0.15, 0.2) is 48.5 Å². The van der Waals surface area contributed by atoms with E-state index >= 15 is 0 Å². The molecule has 1 atom stereocenters. The number of benzene rings is 2. The van der Waals surface area contributed by atoms with E-state index in [-0.39, 0.29) is 12.5 Å². The molecular formula is C18H20ClNO3. The molecule has 0 aliphatic heterocycles. The molecule has 2 aromatic rings. The maximum Gasteiger partial charge on any atom is 0.220 e. The minimum Gasteiger partial charge on any atom is -0.497 e. The molecule has 0 fully saturated rings. The van der Waals surface area contributed by atoms with Crippen molar-refractivity contribution < 1.29 is 14.6 Å². The molecule has 0 saturated heterocycles. The Morgan fingerprint density at radius 1 is 1.26 bits per heavy atom. The standard InChI is InChI=1S/C18H20ClNO3/c1-23-14-6-4-5-13(11-14)9-10-18(22)20-12-17(21)15-7-2-3-8-16(15)19/h2-8,11,17,21H,9-10,12H2,1H3,(H,20,22). The summed E-state index contributed by atoms with van der Waals surface area (Å²) in [6.45, 7) is 0.140. The Morgan fingerprint density at radius 3 is 2.78 bits per heavy atom. The van der Waals surface area contributed by atoms with Gasteiger partial charge < -0.3 is 15.2 Å². The molecule has 0 heterocycles. The number of carbonyl (C=O) groups is 1. The molecule has 2 N–H and O–H groups in total. The van der Waals surface area contributed by atoms with Gasteiger partial charge in [-0.2, -0.15) is 0 Å². The Balaban J connectivity index is 1.80. The number of halogens is 1. The third-order valence-corrected chi connectivity index (χ3v) is 3.88. The Hall–Kier alpha value is -2.04.